The highest BCUT2D eigenvalue weighted by Crippen LogP contribution is 2.33. The number of aryl methyl sites for hydroxylation is 1. The average molecular weight is 427 g/mol. The lowest BCUT2D eigenvalue weighted by Crippen LogP contribution is -2.14. The van der Waals surface area contributed by atoms with Crippen molar-refractivity contribution in [1.29, 1.82) is 0 Å². The highest BCUT2D eigenvalue weighted by atomic mass is 19.1. The zero-order valence-electron chi connectivity index (χ0n) is 17.1. The smallest absolute Gasteiger partial charge is 0.259 e. The van der Waals surface area contributed by atoms with Gasteiger partial charge in [-0.05, 0) is 37.3 Å². The summed E-state index contributed by atoms with van der Waals surface area (Å²) >= 11 is 0. The maximum Gasteiger partial charge on any atom is 0.259 e. The van der Waals surface area contributed by atoms with Crippen molar-refractivity contribution in [2.75, 3.05) is 5.32 Å². The van der Waals surface area contributed by atoms with Crippen molar-refractivity contribution in [3.05, 3.63) is 84.3 Å². The van der Waals surface area contributed by atoms with Crippen LogP contribution in [-0.2, 0) is 6.54 Å². The van der Waals surface area contributed by atoms with Crippen molar-refractivity contribution in [2.24, 2.45) is 0 Å². The molecule has 5 aromatic rings. The number of pyridine rings is 1. The zero-order valence-corrected chi connectivity index (χ0v) is 17.1. The Labute approximate surface area is 182 Å². The first-order chi connectivity index (χ1) is 15.6. The van der Waals surface area contributed by atoms with Crippen molar-refractivity contribution in [3.8, 4) is 22.5 Å². The van der Waals surface area contributed by atoms with Crippen LogP contribution in [0.2, 0.25) is 0 Å². The number of fused-ring (bicyclic) bond motifs is 1. The molecule has 2 aromatic carbocycles. The van der Waals surface area contributed by atoms with Crippen LogP contribution in [-0.4, -0.2) is 25.8 Å². The first-order valence-electron chi connectivity index (χ1n) is 10.1. The molecular weight excluding hydrogens is 409 g/mol. The predicted molar refractivity (Wildman–Crippen MR) is 118 cm³/mol. The van der Waals surface area contributed by atoms with Gasteiger partial charge in [0.25, 0.3) is 11.6 Å². The highest BCUT2D eigenvalue weighted by Gasteiger charge is 2.22. The third-order valence-corrected chi connectivity index (χ3v) is 5.08. The molecule has 0 aliphatic heterocycles. The van der Waals surface area contributed by atoms with Crippen LogP contribution < -0.4 is 5.32 Å². The second-order valence-corrected chi connectivity index (χ2v) is 7.15. The predicted octanol–water partition coefficient (Wildman–Crippen LogP) is 5.16. The molecule has 0 aliphatic carbocycles. The fourth-order valence-corrected chi connectivity index (χ4v) is 3.48. The largest absolute Gasteiger partial charge is 0.335 e. The minimum Gasteiger partial charge on any atom is -0.335 e. The standard InChI is InChI=1S/C24H18FN5O2/c1-2-30-13-12-20(28-30)27-23(31)18-14-19(15-6-4-3-5-7-15)26-24-21(18)22(29-32-24)16-8-10-17(25)11-9-16/h3-14H,2H2,1H3,(H,27,28,31). The molecule has 32 heavy (non-hydrogen) atoms. The number of rotatable bonds is 5. The summed E-state index contributed by atoms with van der Waals surface area (Å²) in [5, 5.41) is 11.7. The van der Waals surface area contributed by atoms with E-state index in [1.54, 1.807) is 35.1 Å². The molecular formula is C24H18FN5O2. The number of aromatic nitrogens is 4. The summed E-state index contributed by atoms with van der Waals surface area (Å²) in [7, 11) is 0. The molecule has 0 atom stereocenters. The maximum absolute atomic E-state index is 13.4. The van der Waals surface area contributed by atoms with Crippen LogP contribution in [0.3, 0.4) is 0 Å². The number of carbonyl (C=O) groups excluding carboxylic acids is 1. The lowest BCUT2D eigenvalue weighted by atomic mass is 10.0. The SMILES string of the molecule is CCn1ccc(NC(=O)c2cc(-c3ccccc3)nc3onc(-c4ccc(F)cc4)c23)n1. The van der Waals surface area contributed by atoms with Gasteiger partial charge < -0.3 is 9.84 Å². The molecule has 0 saturated heterocycles. The third-order valence-electron chi connectivity index (χ3n) is 5.08. The van der Waals surface area contributed by atoms with Crippen molar-refractivity contribution in [3.63, 3.8) is 0 Å². The number of anilines is 1. The Morgan fingerprint density at radius 1 is 1.06 bits per heavy atom. The van der Waals surface area contributed by atoms with E-state index in [2.05, 4.69) is 20.6 Å². The topological polar surface area (TPSA) is 85.8 Å². The normalized spacial score (nSPS) is 11.1. The van der Waals surface area contributed by atoms with Crippen LogP contribution in [0, 0.1) is 5.82 Å². The van der Waals surface area contributed by atoms with Crippen molar-refractivity contribution in [1.82, 2.24) is 19.9 Å². The van der Waals surface area contributed by atoms with Gasteiger partial charge >= 0.3 is 0 Å². The van der Waals surface area contributed by atoms with Gasteiger partial charge in [0.2, 0.25) is 0 Å². The molecule has 5 rings (SSSR count). The fraction of sp³-hybridized carbons (Fsp3) is 0.0833. The number of nitrogens with one attached hydrogen (secondary N) is 1. The summed E-state index contributed by atoms with van der Waals surface area (Å²) in [5.41, 5.74) is 2.98. The second kappa shape index (κ2) is 8.07. The molecule has 3 heterocycles. The number of halogens is 1. The molecule has 0 radical (unpaired) electrons. The van der Waals surface area contributed by atoms with E-state index in [4.69, 9.17) is 4.52 Å². The van der Waals surface area contributed by atoms with Crippen molar-refractivity contribution in [2.45, 2.75) is 13.5 Å². The number of benzene rings is 2. The highest BCUT2D eigenvalue weighted by molar-refractivity contribution is 6.15. The molecule has 0 spiro atoms. The van der Waals surface area contributed by atoms with Gasteiger partial charge in [0.1, 0.15) is 11.5 Å². The number of nitrogens with zero attached hydrogens (tertiary/aromatic N) is 4. The second-order valence-electron chi connectivity index (χ2n) is 7.15. The summed E-state index contributed by atoms with van der Waals surface area (Å²) in [6.45, 7) is 2.65. The van der Waals surface area contributed by atoms with Crippen LogP contribution in [0.5, 0.6) is 0 Å². The molecule has 1 N–H and O–H groups in total. The van der Waals surface area contributed by atoms with Gasteiger partial charge in [-0.15, -0.1) is 0 Å². The van der Waals surface area contributed by atoms with Crippen LogP contribution >= 0.6 is 0 Å². The lowest BCUT2D eigenvalue weighted by Gasteiger charge is -2.08. The Morgan fingerprint density at radius 3 is 2.56 bits per heavy atom. The summed E-state index contributed by atoms with van der Waals surface area (Å²) in [6.07, 6.45) is 1.79. The number of hydrogen-bond donors (Lipinski definition) is 1. The molecule has 7 nitrogen and oxygen atoms in total. The Kier molecular flexibility index (Phi) is 4.95. The van der Waals surface area contributed by atoms with Gasteiger partial charge in [0.15, 0.2) is 5.82 Å². The molecule has 8 heteroatoms. The summed E-state index contributed by atoms with van der Waals surface area (Å²) in [5.74, 6) is -0.305. The molecule has 0 saturated carbocycles. The molecule has 0 fully saturated rings. The molecule has 0 unspecified atom stereocenters. The zero-order chi connectivity index (χ0) is 22.1. The van der Waals surface area contributed by atoms with Gasteiger partial charge in [-0.25, -0.2) is 9.37 Å². The number of carbonyl (C=O) groups is 1. The van der Waals surface area contributed by atoms with E-state index in [9.17, 15) is 9.18 Å². The fourth-order valence-electron chi connectivity index (χ4n) is 3.48. The molecule has 0 aliphatic rings. The van der Waals surface area contributed by atoms with Gasteiger partial charge in [-0.3, -0.25) is 9.48 Å². The van der Waals surface area contributed by atoms with Crippen LogP contribution in [0.4, 0.5) is 10.2 Å². The Morgan fingerprint density at radius 2 is 1.84 bits per heavy atom. The van der Waals surface area contributed by atoms with E-state index < -0.39 is 0 Å². The van der Waals surface area contributed by atoms with Gasteiger partial charge in [0.05, 0.1) is 16.6 Å². The minimum atomic E-state index is -0.373. The van der Waals surface area contributed by atoms with Gasteiger partial charge in [-0.1, -0.05) is 35.5 Å². The molecule has 0 bridgehead atoms. The van der Waals surface area contributed by atoms with Crippen molar-refractivity contribution >= 4 is 22.8 Å². The Balaban J connectivity index is 1.66. The minimum absolute atomic E-state index is 0.218. The maximum atomic E-state index is 13.4. The van der Waals surface area contributed by atoms with Crippen molar-refractivity contribution < 1.29 is 13.7 Å². The van der Waals surface area contributed by atoms with E-state index in [-0.39, 0.29) is 17.4 Å². The third kappa shape index (κ3) is 3.62. The number of hydrogen-bond acceptors (Lipinski definition) is 5. The van der Waals surface area contributed by atoms with E-state index in [1.807, 2.05) is 37.3 Å². The van der Waals surface area contributed by atoms with Gasteiger partial charge in [0, 0.05) is 29.9 Å². The summed E-state index contributed by atoms with van der Waals surface area (Å²) in [6, 6.07) is 18.8. The Bertz CT molecular complexity index is 1410. The monoisotopic (exact) mass is 427 g/mol. The van der Waals surface area contributed by atoms with E-state index in [0.717, 1.165) is 5.56 Å². The Hall–Kier alpha value is -4.33. The van der Waals surface area contributed by atoms with E-state index >= 15 is 0 Å². The lowest BCUT2D eigenvalue weighted by molar-refractivity contribution is 0.102. The number of amides is 1. The van der Waals surface area contributed by atoms with Crippen LogP contribution in [0.25, 0.3) is 33.6 Å². The van der Waals surface area contributed by atoms with Crippen LogP contribution in [0.1, 0.15) is 17.3 Å². The van der Waals surface area contributed by atoms with Crippen LogP contribution in [0.15, 0.2) is 77.4 Å². The molecule has 3 aromatic heterocycles. The quantitative estimate of drug-likeness (QED) is 0.418. The first-order valence-corrected chi connectivity index (χ1v) is 10.1. The van der Waals surface area contributed by atoms with Gasteiger partial charge in [-0.2, -0.15) is 5.10 Å². The summed E-state index contributed by atoms with van der Waals surface area (Å²) < 4.78 is 20.7. The first kappa shape index (κ1) is 19.6. The van der Waals surface area contributed by atoms with E-state index in [0.29, 0.717) is 40.3 Å². The molecule has 1 amide bonds. The summed E-state index contributed by atoms with van der Waals surface area (Å²) in [4.78, 5) is 17.9. The molecule has 158 valence electrons. The van der Waals surface area contributed by atoms with E-state index in [1.165, 1.54) is 12.1 Å². The average Bonchev–Trinajstić information content (AvgIpc) is 3.46.